The highest BCUT2D eigenvalue weighted by Crippen LogP contribution is 2.28. The molecule has 0 aromatic carbocycles. The summed E-state index contributed by atoms with van der Waals surface area (Å²) in [7, 11) is 0. The standard InChI is InChI=1S/C18H16N10/c19-10-14-11-21-17(12-20-14)26-8-4-13(5-9-26)18-24-23-15-2-3-16(25-28(15)18)27-7-1-6-22-27/h1-3,6-7,11-13H,4-5,8-9H2. The molecule has 0 unspecified atom stereocenters. The Labute approximate surface area is 160 Å². The minimum absolute atomic E-state index is 0.262. The summed E-state index contributed by atoms with van der Waals surface area (Å²) in [6, 6.07) is 7.64. The van der Waals surface area contributed by atoms with E-state index in [0.717, 1.165) is 49.0 Å². The van der Waals surface area contributed by atoms with Gasteiger partial charge < -0.3 is 4.90 Å². The second-order valence-corrected chi connectivity index (χ2v) is 6.60. The van der Waals surface area contributed by atoms with Crippen LogP contribution in [0, 0.1) is 11.3 Å². The van der Waals surface area contributed by atoms with Crippen molar-refractivity contribution < 1.29 is 0 Å². The lowest BCUT2D eigenvalue weighted by molar-refractivity contribution is 0.474. The average molecular weight is 372 g/mol. The number of nitriles is 1. The quantitative estimate of drug-likeness (QED) is 0.529. The lowest BCUT2D eigenvalue weighted by Gasteiger charge is -2.31. The molecule has 0 saturated carbocycles. The van der Waals surface area contributed by atoms with Crippen LogP contribution in [0.5, 0.6) is 0 Å². The van der Waals surface area contributed by atoms with Gasteiger partial charge in [0.2, 0.25) is 0 Å². The van der Waals surface area contributed by atoms with E-state index in [-0.39, 0.29) is 5.92 Å². The second kappa shape index (κ2) is 6.70. The number of nitrogens with zero attached hydrogens (tertiary/aromatic N) is 10. The monoisotopic (exact) mass is 372 g/mol. The number of anilines is 1. The van der Waals surface area contributed by atoms with Crippen LogP contribution in [0.15, 0.2) is 43.0 Å². The van der Waals surface area contributed by atoms with E-state index in [4.69, 9.17) is 5.26 Å². The molecule has 5 rings (SSSR count). The van der Waals surface area contributed by atoms with Crippen LogP contribution in [0.25, 0.3) is 11.5 Å². The Morgan fingerprint density at radius 2 is 1.93 bits per heavy atom. The van der Waals surface area contributed by atoms with E-state index >= 15 is 0 Å². The van der Waals surface area contributed by atoms with Crippen molar-refractivity contribution in [2.24, 2.45) is 0 Å². The molecule has 0 bridgehead atoms. The van der Waals surface area contributed by atoms with Gasteiger partial charge in [-0.05, 0) is 31.0 Å². The van der Waals surface area contributed by atoms with E-state index < -0.39 is 0 Å². The maximum atomic E-state index is 8.85. The van der Waals surface area contributed by atoms with Crippen molar-refractivity contribution in [3.63, 3.8) is 0 Å². The zero-order valence-corrected chi connectivity index (χ0v) is 14.9. The zero-order chi connectivity index (χ0) is 18.9. The molecule has 0 aliphatic carbocycles. The normalized spacial score (nSPS) is 15.0. The highest BCUT2D eigenvalue weighted by molar-refractivity contribution is 5.41. The van der Waals surface area contributed by atoms with Gasteiger partial charge in [-0.2, -0.15) is 14.9 Å². The van der Waals surface area contributed by atoms with Crippen molar-refractivity contribution in [2.45, 2.75) is 18.8 Å². The van der Waals surface area contributed by atoms with Gasteiger partial charge in [0.1, 0.15) is 11.9 Å². The Morgan fingerprint density at radius 1 is 1.04 bits per heavy atom. The number of hydrogen-bond acceptors (Lipinski definition) is 8. The van der Waals surface area contributed by atoms with Crippen LogP contribution in [-0.2, 0) is 0 Å². The largest absolute Gasteiger partial charge is 0.355 e. The molecule has 10 heteroatoms. The molecule has 138 valence electrons. The summed E-state index contributed by atoms with van der Waals surface area (Å²) >= 11 is 0. The van der Waals surface area contributed by atoms with E-state index in [1.165, 1.54) is 6.20 Å². The van der Waals surface area contributed by atoms with Crippen LogP contribution in [0.3, 0.4) is 0 Å². The first-order valence-corrected chi connectivity index (χ1v) is 9.01. The summed E-state index contributed by atoms with van der Waals surface area (Å²) < 4.78 is 3.54. The van der Waals surface area contributed by atoms with Gasteiger partial charge >= 0.3 is 0 Å². The Hall–Kier alpha value is -3.87. The first-order chi connectivity index (χ1) is 13.8. The second-order valence-electron chi connectivity index (χ2n) is 6.60. The van der Waals surface area contributed by atoms with Gasteiger partial charge in [0.15, 0.2) is 23.0 Å². The van der Waals surface area contributed by atoms with Crippen LogP contribution in [0.4, 0.5) is 5.82 Å². The molecule has 5 heterocycles. The van der Waals surface area contributed by atoms with Crippen LogP contribution in [0.2, 0.25) is 0 Å². The van der Waals surface area contributed by atoms with E-state index in [1.807, 2.05) is 35.0 Å². The highest BCUT2D eigenvalue weighted by Gasteiger charge is 2.26. The van der Waals surface area contributed by atoms with E-state index in [9.17, 15) is 0 Å². The Bertz CT molecular complexity index is 1130. The van der Waals surface area contributed by atoms with Gasteiger partial charge in [0.25, 0.3) is 0 Å². The first-order valence-electron chi connectivity index (χ1n) is 9.01. The molecule has 10 nitrogen and oxygen atoms in total. The van der Waals surface area contributed by atoms with Crippen molar-refractivity contribution in [3.8, 4) is 11.9 Å². The molecule has 0 radical (unpaired) electrons. The maximum absolute atomic E-state index is 8.85. The third-order valence-electron chi connectivity index (χ3n) is 4.95. The van der Waals surface area contributed by atoms with Crippen LogP contribution in [-0.4, -0.2) is 52.6 Å². The van der Waals surface area contributed by atoms with Gasteiger partial charge in [-0.25, -0.2) is 14.6 Å². The maximum Gasteiger partial charge on any atom is 0.178 e. The summed E-state index contributed by atoms with van der Waals surface area (Å²) in [6.07, 6.45) is 8.57. The van der Waals surface area contributed by atoms with Gasteiger partial charge in [-0.3, -0.25) is 0 Å². The number of fused-ring (bicyclic) bond motifs is 1. The summed E-state index contributed by atoms with van der Waals surface area (Å²) in [5.74, 6) is 2.65. The molecule has 4 aromatic heterocycles. The number of rotatable bonds is 3. The summed E-state index contributed by atoms with van der Waals surface area (Å²) in [5, 5.41) is 26.4. The van der Waals surface area contributed by atoms with Crippen molar-refractivity contribution in [1.82, 2.24) is 39.6 Å². The molecular weight excluding hydrogens is 356 g/mol. The predicted molar refractivity (Wildman–Crippen MR) is 98.8 cm³/mol. The molecule has 1 aliphatic heterocycles. The molecule has 4 aromatic rings. The van der Waals surface area contributed by atoms with Gasteiger partial charge in [0.05, 0.1) is 12.4 Å². The molecule has 0 spiro atoms. The minimum Gasteiger partial charge on any atom is -0.355 e. The third-order valence-corrected chi connectivity index (χ3v) is 4.95. The summed E-state index contributed by atoms with van der Waals surface area (Å²) in [4.78, 5) is 10.6. The van der Waals surface area contributed by atoms with Crippen LogP contribution >= 0.6 is 0 Å². The zero-order valence-electron chi connectivity index (χ0n) is 14.9. The SMILES string of the molecule is N#Cc1cnc(N2CCC(c3nnc4ccc(-n5cccn5)nn34)CC2)cn1. The molecular formula is C18H16N10. The molecule has 0 N–H and O–H groups in total. The predicted octanol–water partition coefficient (Wildman–Crippen LogP) is 1.36. The van der Waals surface area contributed by atoms with Gasteiger partial charge in [-0.1, -0.05) is 0 Å². The van der Waals surface area contributed by atoms with Crippen LogP contribution in [0.1, 0.15) is 30.3 Å². The van der Waals surface area contributed by atoms with Gasteiger partial charge in [-0.15, -0.1) is 15.3 Å². The molecule has 0 atom stereocenters. The molecule has 28 heavy (non-hydrogen) atoms. The fourth-order valence-electron chi connectivity index (χ4n) is 3.49. The number of hydrogen-bond donors (Lipinski definition) is 0. The number of aromatic nitrogens is 8. The molecule has 1 fully saturated rings. The topological polar surface area (TPSA) is 114 Å². The molecule has 0 amide bonds. The smallest absolute Gasteiger partial charge is 0.178 e. The molecule has 1 aliphatic rings. The van der Waals surface area contributed by atoms with Crippen LogP contribution < -0.4 is 4.90 Å². The van der Waals surface area contributed by atoms with Gasteiger partial charge in [0, 0.05) is 31.4 Å². The lowest BCUT2D eigenvalue weighted by atomic mass is 9.96. The summed E-state index contributed by atoms with van der Waals surface area (Å²) in [5.41, 5.74) is 1.05. The fraction of sp³-hybridized carbons (Fsp3) is 0.278. The van der Waals surface area contributed by atoms with Crippen molar-refractivity contribution in [3.05, 3.63) is 54.5 Å². The highest BCUT2D eigenvalue weighted by atomic mass is 15.4. The van der Waals surface area contributed by atoms with E-state index in [0.29, 0.717) is 5.69 Å². The molecule has 1 saturated heterocycles. The lowest BCUT2D eigenvalue weighted by Crippen LogP contribution is -2.34. The fourth-order valence-corrected chi connectivity index (χ4v) is 3.49. The Morgan fingerprint density at radius 3 is 2.64 bits per heavy atom. The Balaban J connectivity index is 1.36. The minimum atomic E-state index is 0.262. The van der Waals surface area contributed by atoms with Crippen molar-refractivity contribution >= 4 is 11.5 Å². The third kappa shape index (κ3) is 2.83. The van der Waals surface area contributed by atoms with E-state index in [1.54, 1.807) is 17.1 Å². The van der Waals surface area contributed by atoms with Crippen molar-refractivity contribution in [1.29, 1.82) is 5.26 Å². The summed E-state index contributed by atoms with van der Waals surface area (Å²) in [6.45, 7) is 1.66. The van der Waals surface area contributed by atoms with E-state index in [2.05, 4.69) is 35.3 Å². The first kappa shape index (κ1) is 16.3. The van der Waals surface area contributed by atoms with Crippen molar-refractivity contribution in [2.75, 3.05) is 18.0 Å². The average Bonchev–Trinajstić information content (AvgIpc) is 3.44. The number of piperidine rings is 1. The Kier molecular flexibility index (Phi) is 3.90.